The number of aromatic amines is 1. The maximum absolute atomic E-state index is 15.3. The van der Waals surface area contributed by atoms with Gasteiger partial charge in [-0.2, -0.15) is 9.97 Å². The topological polar surface area (TPSA) is 164 Å². The molecule has 2 unspecified atom stereocenters. The van der Waals surface area contributed by atoms with Gasteiger partial charge in [0.2, 0.25) is 5.95 Å². The lowest BCUT2D eigenvalue weighted by Gasteiger charge is -2.39. The lowest BCUT2D eigenvalue weighted by atomic mass is 9.98. The molecule has 1 aliphatic heterocycles. The number of rotatable bonds is 7. The number of nitrogens with zero attached hydrogens (tertiary/aromatic N) is 5. The summed E-state index contributed by atoms with van der Waals surface area (Å²) in [6.45, 7) is 15.2. The number of alkyl carbamates (subject to hydrolysis) is 1. The van der Waals surface area contributed by atoms with Gasteiger partial charge < -0.3 is 29.4 Å². The molecule has 1 aromatic carbocycles. The molecule has 5 rings (SSSR count). The molecular weight excluding hydrogens is 655 g/mol. The van der Waals surface area contributed by atoms with Crippen LogP contribution in [0.1, 0.15) is 78.7 Å². The zero-order valence-electron chi connectivity index (χ0n) is 29.2. The monoisotopic (exact) mass is 698 g/mol. The Morgan fingerprint density at radius 3 is 2.47 bits per heavy atom. The maximum atomic E-state index is 15.3. The van der Waals surface area contributed by atoms with Gasteiger partial charge >= 0.3 is 18.2 Å². The lowest BCUT2D eigenvalue weighted by Crippen LogP contribution is -2.50. The number of esters is 1. The fraction of sp³-hybridized carbons (Fsp3) is 0.515. The molecule has 0 spiro atoms. The van der Waals surface area contributed by atoms with Crippen molar-refractivity contribution in [3.05, 3.63) is 29.0 Å². The highest BCUT2D eigenvalue weighted by Gasteiger charge is 2.32. The molecule has 1 fully saturated rings. The van der Waals surface area contributed by atoms with Gasteiger partial charge in [0.1, 0.15) is 28.5 Å². The first-order valence-corrected chi connectivity index (χ1v) is 17.0. The standard InChI is InChI=1S/C33H43FN8O6S/c1-10-46-27(43)21-16-49-29(36-21)40-28-38-25-23(20-14-18(34)15-22(24(20)37-25)41(9)31(45)48-33(6,7)8)26(39-28)42-12-11-19(13-17(42)2)35-30(44)47-32(3,4)5/h14-17,19H,10-13H2,1-9H3,(H,35,44)(H2,36,37,38,39,40). The summed E-state index contributed by atoms with van der Waals surface area (Å²) in [5, 5.41) is 9.05. The van der Waals surface area contributed by atoms with Gasteiger partial charge in [-0.15, -0.1) is 11.3 Å². The predicted molar refractivity (Wildman–Crippen MR) is 187 cm³/mol. The number of ether oxygens (including phenoxy) is 3. The van der Waals surface area contributed by atoms with Gasteiger partial charge in [-0.3, -0.25) is 10.2 Å². The number of thiazole rings is 1. The van der Waals surface area contributed by atoms with Crippen LogP contribution in [0.4, 0.5) is 36.6 Å². The average molecular weight is 699 g/mol. The van der Waals surface area contributed by atoms with Crippen molar-refractivity contribution in [1.82, 2.24) is 25.3 Å². The van der Waals surface area contributed by atoms with Crippen LogP contribution in [0.2, 0.25) is 0 Å². The number of carbonyl (C=O) groups excluding carboxylic acids is 3. The van der Waals surface area contributed by atoms with Crippen molar-refractivity contribution in [2.45, 2.75) is 91.5 Å². The Balaban J connectivity index is 1.57. The number of hydrogen-bond acceptors (Lipinski definition) is 12. The van der Waals surface area contributed by atoms with Gasteiger partial charge in [0.05, 0.1) is 23.2 Å². The van der Waals surface area contributed by atoms with E-state index in [0.29, 0.717) is 52.3 Å². The van der Waals surface area contributed by atoms with Gasteiger partial charge in [0.15, 0.2) is 10.8 Å². The number of carbonyl (C=O) groups is 3. The molecule has 16 heteroatoms. The van der Waals surface area contributed by atoms with Crippen LogP contribution in [-0.4, -0.2) is 81.6 Å². The number of nitrogens with one attached hydrogen (secondary N) is 3. The second-order valence-electron chi connectivity index (χ2n) is 13.9. The Morgan fingerprint density at radius 2 is 1.82 bits per heavy atom. The van der Waals surface area contributed by atoms with E-state index in [-0.39, 0.29) is 36.0 Å². The Morgan fingerprint density at radius 1 is 1.10 bits per heavy atom. The van der Waals surface area contributed by atoms with Crippen molar-refractivity contribution in [3.63, 3.8) is 0 Å². The van der Waals surface area contributed by atoms with Crippen LogP contribution in [0.3, 0.4) is 0 Å². The number of anilines is 4. The molecule has 14 nitrogen and oxygen atoms in total. The van der Waals surface area contributed by atoms with Crippen LogP contribution in [0, 0.1) is 5.82 Å². The first-order valence-electron chi connectivity index (χ1n) is 16.1. The van der Waals surface area contributed by atoms with E-state index in [9.17, 15) is 14.4 Å². The van der Waals surface area contributed by atoms with Gasteiger partial charge in [-0.05, 0) is 80.4 Å². The molecule has 0 bridgehead atoms. The van der Waals surface area contributed by atoms with Gasteiger partial charge in [-0.1, -0.05) is 0 Å². The van der Waals surface area contributed by atoms with Crippen LogP contribution in [-0.2, 0) is 14.2 Å². The third kappa shape index (κ3) is 8.29. The summed E-state index contributed by atoms with van der Waals surface area (Å²) in [6, 6.07) is 2.39. The van der Waals surface area contributed by atoms with Crippen LogP contribution in [0.5, 0.6) is 0 Å². The Bertz CT molecular complexity index is 1880. The molecule has 0 saturated carbocycles. The molecular formula is C33H43FN8O6S. The highest BCUT2D eigenvalue weighted by molar-refractivity contribution is 7.14. The third-order valence-corrected chi connectivity index (χ3v) is 8.35. The minimum absolute atomic E-state index is 0.114. The molecule has 4 aromatic rings. The van der Waals surface area contributed by atoms with Crippen LogP contribution < -0.4 is 20.4 Å². The van der Waals surface area contributed by atoms with E-state index in [1.165, 1.54) is 35.4 Å². The van der Waals surface area contributed by atoms with Crippen LogP contribution in [0.15, 0.2) is 17.5 Å². The fourth-order valence-corrected chi connectivity index (χ4v) is 6.27. The molecule has 3 N–H and O–H groups in total. The molecule has 2 atom stereocenters. The summed E-state index contributed by atoms with van der Waals surface area (Å²) < 4.78 is 31.4. The summed E-state index contributed by atoms with van der Waals surface area (Å²) in [4.78, 5) is 58.4. The molecule has 0 radical (unpaired) electrons. The summed E-state index contributed by atoms with van der Waals surface area (Å²) in [6.07, 6.45) is 0.0533. The van der Waals surface area contributed by atoms with E-state index in [1.54, 1.807) is 33.1 Å². The van der Waals surface area contributed by atoms with Gasteiger partial charge in [0.25, 0.3) is 0 Å². The second kappa shape index (κ2) is 13.6. The fourth-order valence-electron chi connectivity index (χ4n) is 5.60. The second-order valence-corrected chi connectivity index (χ2v) is 14.8. The molecule has 2 amide bonds. The van der Waals surface area contributed by atoms with Crippen LogP contribution >= 0.6 is 11.3 Å². The highest BCUT2D eigenvalue weighted by atomic mass is 32.1. The third-order valence-electron chi connectivity index (χ3n) is 7.59. The largest absolute Gasteiger partial charge is 0.461 e. The number of aromatic nitrogens is 4. The smallest absolute Gasteiger partial charge is 0.414 e. The number of piperidine rings is 1. The zero-order chi connectivity index (χ0) is 35.8. The maximum Gasteiger partial charge on any atom is 0.414 e. The Labute approximate surface area is 287 Å². The van der Waals surface area contributed by atoms with E-state index in [4.69, 9.17) is 24.2 Å². The first kappa shape index (κ1) is 35.6. The molecule has 4 heterocycles. The summed E-state index contributed by atoms with van der Waals surface area (Å²) in [5.41, 5.74) is -0.126. The van der Waals surface area contributed by atoms with E-state index >= 15 is 4.39 Å². The molecule has 1 aliphatic rings. The number of halogens is 1. The number of fused-ring (bicyclic) bond motifs is 3. The first-order chi connectivity index (χ1) is 22.9. The predicted octanol–water partition coefficient (Wildman–Crippen LogP) is 6.88. The molecule has 264 valence electrons. The van der Waals surface area contributed by atoms with Gasteiger partial charge in [-0.25, -0.2) is 23.8 Å². The van der Waals surface area contributed by atoms with Crippen molar-refractivity contribution in [2.24, 2.45) is 0 Å². The number of hydrogen-bond donors (Lipinski definition) is 3. The quantitative estimate of drug-likeness (QED) is 0.136. The number of amides is 2. The van der Waals surface area contributed by atoms with Crippen LogP contribution in [0.25, 0.3) is 21.9 Å². The SMILES string of the molecule is CCOC(=O)c1csc(Nc2nc(N3CCC(NC(=O)OC(C)(C)C)CC3C)c3c(n2)[nH]c2c(N(C)C(=O)OC(C)(C)C)cc(F)cc23)n1. The zero-order valence-corrected chi connectivity index (χ0v) is 30.0. The molecule has 0 aliphatic carbocycles. The Hall–Kier alpha value is -4.73. The minimum Gasteiger partial charge on any atom is -0.461 e. The molecule has 3 aromatic heterocycles. The highest BCUT2D eigenvalue weighted by Crippen LogP contribution is 2.40. The Kier molecular flexibility index (Phi) is 9.91. The van der Waals surface area contributed by atoms with Crippen molar-refractivity contribution < 1.29 is 33.0 Å². The van der Waals surface area contributed by atoms with Gasteiger partial charge in [0, 0.05) is 36.4 Å². The van der Waals surface area contributed by atoms with Crippen molar-refractivity contribution in [3.8, 4) is 0 Å². The van der Waals surface area contributed by atoms with E-state index in [0.717, 1.165) is 0 Å². The van der Waals surface area contributed by atoms with E-state index in [2.05, 4.69) is 25.5 Å². The normalized spacial score (nSPS) is 16.8. The van der Waals surface area contributed by atoms with Crippen molar-refractivity contribution in [2.75, 3.05) is 35.3 Å². The van der Waals surface area contributed by atoms with Crippen molar-refractivity contribution >= 4 is 74.0 Å². The average Bonchev–Trinajstić information content (AvgIpc) is 3.59. The van der Waals surface area contributed by atoms with Crippen molar-refractivity contribution in [1.29, 1.82) is 0 Å². The van der Waals surface area contributed by atoms with E-state index < -0.39 is 35.2 Å². The lowest BCUT2D eigenvalue weighted by molar-refractivity contribution is 0.0489. The molecule has 1 saturated heterocycles. The number of H-pyrrole nitrogens is 1. The molecule has 49 heavy (non-hydrogen) atoms. The summed E-state index contributed by atoms with van der Waals surface area (Å²) in [7, 11) is 1.52. The van der Waals surface area contributed by atoms with E-state index in [1.807, 2.05) is 27.7 Å². The summed E-state index contributed by atoms with van der Waals surface area (Å²) in [5.74, 6) is -0.405. The summed E-state index contributed by atoms with van der Waals surface area (Å²) >= 11 is 1.19. The number of benzene rings is 1. The minimum atomic E-state index is -0.763.